The lowest BCUT2D eigenvalue weighted by Crippen LogP contribution is -2.45. The Labute approximate surface area is 577 Å². The number of ether oxygens (including phenoxy) is 1. The largest absolute Gasteiger partial charge is 0.442 e. The standard InChI is InChI=1S/C62H3N.C25H25F3N4O2S/c1-2-3-4-5-6-7-8-9-10-11-12-13-14-15-16-17-18-19-20-21-22-23-24-25-26-27-28-29-30-31-32-33-34-35-36-37-38-39-40-41-42-43-44-45-46-47-48-49-50-51-52-53-54-55-56-57-58-59-60-61-62-63;1-15-8-10-16(11-9-15)32-22(35)31(17-12-13-19(29-7)18(14-17)25(26,27)28)20(24(32,5)6)30-21(33)34-23(2,3)4/h1H3;8-14H,1-6H3. The number of carbonyl (C=O) groups is 1. The zero-order valence-electron chi connectivity index (χ0n) is 52.1. The molecule has 0 aromatic heterocycles. The highest BCUT2D eigenvalue weighted by Gasteiger charge is 2.49. The summed E-state index contributed by atoms with van der Waals surface area (Å²) in [6.45, 7) is 19.3. The van der Waals surface area contributed by atoms with Crippen LogP contribution >= 0.6 is 12.2 Å². The average molecular weight is 1260 g/mol. The second-order valence-electron chi connectivity index (χ2n) is 17.3. The SMILES string of the molecule is CC#CC#CC#CC#CC#CC#CC#CC#CC#CC#CC#CC#CC#CC#CC#CC#CC#CC#CC#CC#CC#CC#CC#CC#CC#CC#CC#CC#CC#CC#CC#N.[C-]#[N+]c1ccc(N2C(=S)N(c3ccc(C)cc3)C(C)(C)C2=NC(=O)OC(C)(C)C)cc1C(F)(F)F. The van der Waals surface area contributed by atoms with Crippen LogP contribution in [0.2, 0.25) is 0 Å². The molecule has 0 atom stereocenters. The summed E-state index contributed by atoms with van der Waals surface area (Å²) in [5.41, 5.74) is -1.77. The van der Waals surface area contributed by atoms with E-state index in [0.717, 1.165) is 17.7 Å². The molecule has 7 nitrogen and oxygen atoms in total. The number of nitrogens with zero attached hydrogens (tertiary/aromatic N) is 5. The maximum Gasteiger partial charge on any atom is 0.435 e. The van der Waals surface area contributed by atoms with Crippen LogP contribution in [0, 0.1) is 380 Å². The molecular weight excluding hydrogens is 1240 g/mol. The molecule has 0 bridgehead atoms. The first-order chi connectivity index (χ1) is 47.5. The summed E-state index contributed by atoms with van der Waals surface area (Å²) in [4.78, 5) is 22.9. The molecule has 1 amide bonds. The molecule has 2 aromatic rings. The molecule has 1 saturated heterocycles. The first kappa shape index (κ1) is 76.9. The number of nitriles is 1. The van der Waals surface area contributed by atoms with Crippen molar-refractivity contribution in [3.05, 3.63) is 65.0 Å². The number of hydrogen-bond donors (Lipinski definition) is 0. The lowest BCUT2D eigenvalue weighted by molar-refractivity contribution is -0.136. The van der Waals surface area contributed by atoms with Gasteiger partial charge in [-0.1, -0.05) is 29.7 Å². The molecule has 0 aliphatic carbocycles. The van der Waals surface area contributed by atoms with Gasteiger partial charge in [-0.25, -0.2) is 9.64 Å². The van der Waals surface area contributed by atoms with Gasteiger partial charge in [0, 0.05) is 313 Å². The van der Waals surface area contributed by atoms with Crippen molar-refractivity contribution < 1.29 is 22.7 Å². The van der Waals surface area contributed by atoms with Crippen molar-refractivity contribution in [2.24, 2.45) is 4.99 Å². The molecule has 1 fully saturated rings. The van der Waals surface area contributed by atoms with E-state index in [9.17, 15) is 18.0 Å². The second-order valence-corrected chi connectivity index (χ2v) is 17.7. The van der Waals surface area contributed by atoms with Gasteiger partial charge in [0.05, 0.1) is 12.1 Å². The number of amides is 1. The third-order valence-corrected chi connectivity index (χ3v) is 9.42. The molecule has 1 aliphatic heterocycles. The molecule has 0 radical (unpaired) electrons. The number of alkyl halides is 3. The fourth-order valence-electron chi connectivity index (χ4n) is 5.58. The smallest absolute Gasteiger partial charge is 0.435 e. The highest BCUT2D eigenvalue weighted by Crippen LogP contribution is 2.42. The normalized spacial score (nSPS) is 8.61. The van der Waals surface area contributed by atoms with Gasteiger partial charge < -0.3 is 9.64 Å². The summed E-state index contributed by atoms with van der Waals surface area (Å²) >= 11 is 5.72. The van der Waals surface area contributed by atoms with Crippen LogP contribution < -0.4 is 9.80 Å². The van der Waals surface area contributed by atoms with E-state index in [1.165, 1.54) is 11.0 Å². The summed E-state index contributed by atoms with van der Waals surface area (Å²) in [7, 11) is 0. The Kier molecular flexibility index (Phi) is 37.6. The van der Waals surface area contributed by atoms with Gasteiger partial charge in [-0.2, -0.15) is 23.4 Å². The number of aliphatic imine (C=N–C) groups is 1. The molecule has 0 saturated carbocycles. The lowest BCUT2D eigenvalue weighted by atomic mass is 10.0. The van der Waals surface area contributed by atoms with Crippen LogP contribution in [-0.4, -0.2) is 28.2 Å². The van der Waals surface area contributed by atoms with Crippen molar-refractivity contribution in [3.8, 4) is 361 Å². The van der Waals surface area contributed by atoms with Crippen LogP contribution in [0.25, 0.3) is 4.85 Å². The van der Waals surface area contributed by atoms with Crippen LogP contribution in [0.5, 0.6) is 0 Å². The first-order valence-electron chi connectivity index (χ1n) is 26.4. The minimum atomic E-state index is -4.76. The molecule has 0 N–H and O–H groups in total. The van der Waals surface area contributed by atoms with Gasteiger partial charge in [-0.15, -0.1) is 0 Å². The summed E-state index contributed by atoms with van der Waals surface area (Å²) in [5, 5.41) is 8.33. The van der Waals surface area contributed by atoms with Crippen molar-refractivity contribution in [2.45, 2.75) is 65.8 Å². The van der Waals surface area contributed by atoms with Gasteiger partial charge in [0.25, 0.3) is 0 Å². The van der Waals surface area contributed by atoms with E-state index in [4.69, 9.17) is 28.8 Å². The van der Waals surface area contributed by atoms with Gasteiger partial charge >= 0.3 is 12.3 Å². The third kappa shape index (κ3) is 36.2. The van der Waals surface area contributed by atoms with E-state index >= 15 is 0 Å². The molecule has 11 heteroatoms. The summed E-state index contributed by atoms with van der Waals surface area (Å²) in [6.07, 6.45) is -5.65. The number of anilines is 2. The number of carbonyl (C=O) groups excluding carboxylic acids is 1. The molecule has 1 aliphatic rings. The van der Waals surface area contributed by atoms with E-state index in [1.54, 1.807) is 52.5 Å². The molecule has 3 rings (SSSR count). The number of benzene rings is 2. The Bertz CT molecular complexity index is 5920. The summed E-state index contributed by atoms with van der Waals surface area (Å²) in [6, 6.07) is 12.3. The molecule has 0 spiro atoms. The molecule has 1 heterocycles. The quantitative estimate of drug-likeness (QED) is 0.173. The average Bonchev–Trinajstić information content (AvgIpc) is 1.58. The van der Waals surface area contributed by atoms with Crippen LogP contribution in [-0.2, 0) is 10.9 Å². The van der Waals surface area contributed by atoms with Gasteiger partial charge in [0.2, 0.25) is 0 Å². The molecule has 2 aromatic carbocycles. The van der Waals surface area contributed by atoms with Crippen molar-refractivity contribution in [3.63, 3.8) is 0 Å². The Morgan fingerprint density at radius 2 is 0.714 bits per heavy atom. The second kappa shape index (κ2) is 47.8. The van der Waals surface area contributed by atoms with Crippen molar-refractivity contribution in [2.75, 3.05) is 9.80 Å². The highest BCUT2D eigenvalue weighted by atomic mass is 32.1. The number of halogens is 3. The Morgan fingerprint density at radius 1 is 0.459 bits per heavy atom. The number of rotatable bonds is 2. The Hall–Kier alpha value is -17.2. The fraction of sp³-hybridized carbons (Fsp3) is 0.115. The maximum atomic E-state index is 13.7. The van der Waals surface area contributed by atoms with Crippen LogP contribution in [0.4, 0.5) is 35.0 Å². The Morgan fingerprint density at radius 3 is 0.949 bits per heavy atom. The lowest BCUT2D eigenvalue weighted by Gasteiger charge is -2.31. The van der Waals surface area contributed by atoms with Crippen molar-refractivity contribution in [1.82, 2.24) is 0 Å². The predicted octanol–water partition coefficient (Wildman–Crippen LogP) is 7.92. The Balaban J connectivity index is 0.000000778. The number of aryl methyl sites for hydroxylation is 1. The van der Waals surface area contributed by atoms with E-state index in [1.807, 2.05) is 31.2 Å². The fourth-order valence-corrected chi connectivity index (χ4v) is 6.11. The topological polar surface area (TPSA) is 73.3 Å². The van der Waals surface area contributed by atoms with E-state index < -0.39 is 34.7 Å². The highest BCUT2D eigenvalue weighted by molar-refractivity contribution is 7.81. The monoisotopic (exact) mass is 1260 g/mol. The molecule has 440 valence electrons. The third-order valence-electron chi connectivity index (χ3n) is 9.05. The van der Waals surface area contributed by atoms with Crippen LogP contribution in [0.3, 0.4) is 0 Å². The van der Waals surface area contributed by atoms with Gasteiger partial charge in [0.15, 0.2) is 16.9 Å². The van der Waals surface area contributed by atoms with E-state index in [0.29, 0.717) is 5.69 Å². The van der Waals surface area contributed by atoms with Crippen molar-refractivity contribution >= 4 is 46.3 Å². The van der Waals surface area contributed by atoms with E-state index in [2.05, 4.69) is 365 Å². The van der Waals surface area contributed by atoms with Gasteiger partial charge in [0.1, 0.15) is 17.0 Å². The molecular formula is C87H28F3N5O2S. The summed E-state index contributed by atoms with van der Waals surface area (Å²) < 4.78 is 46.5. The van der Waals surface area contributed by atoms with Gasteiger partial charge in [-0.05, 0) is 132 Å². The maximum absolute atomic E-state index is 13.7. The molecule has 0 unspecified atom stereocenters. The zero-order chi connectivity index (χ0) is 71.5. The first-order valence-corrected chi connectivity index (χ1v) is 26.8. The minimum absolute atomic E-state index is 0.0275. The summed E-state index contributed by atoms with van der Waals surface area (Å²) in [5.74, 6) is 149. The van der Waals surface area contributed by atoms with Gasteiger partial charge in [-0.3, -0.25) is 4.90 Å². The van der Waals surface area contributed by atoms with Crippen LogP contribution in [0.15, 0.2) is 47.5 Å². The zero-order valence-corrected chi connectivity index (χ0v) is 53.0. The number of hydrogen-bond acceptors (Lipinski definition) is 4. The van der Waals surface area contributed by atoms with Crippen molar-refractivity contribution in [1.29, 1.82) is 5.26 Å². The number of thiocarbonyl (C=S) groups is 1. The number of amidine groups is 1. The van der Waals surface area contributed by atoms with Crippen LogP contribution in [0.1, 0.15) is 52.7 Å². The predicted molar refractivity (Wildman–Crippen MR) is 379 cm³/mol. The van der Waals surface area contributed by atoms with E-state index in [-0.39, 0.29) is 16.6 Å². The molecule has 98 heavy (non-hydrogen) atoms. The minimum Gasteiger partial charge on any atom is -0.442 e.